The monoisotopic (exact) mass is 405 g/mol. The predicted molar refractivity (Wildman–Crippen MR) is 72.1 cm³/mol. The quantitative estimate of drug-likeness (QED) is 0.475. The average molecular weight is 405 g/mol. The van der Waals surface area contributed by atoms with Gasteiger partial charge in [-0.3, -0.25) is 0 Å². The summed E-state index contributed by atoms with van der Waals surface area (Å²) in [5.74, 6) is 0. The largest absolute Gasteiger partial charge is 0.577 e. The van der Waals surface area contributed by atoms with Gasteiger partial charge in [0.25, 0.3) is 0 Å². The van der Waals surface area contributed by atoms with Crippen LogP contribution >= 0.6 is 7.92 Å². The predicted octanol–water partition coefficient (Wildman–Crippen LogP) is 4.00. The van der Waals surface area contributed by atoms with Crippen LogP contribution in [0.3, 0.4) is 0 Å². The maximum Gasteiger partial charge on any atom is 0.0623 e. The molecule has 0 aromatic heterocycles. The van der Waals surface area contributed by atoms with Gasteiger partial charge in [0.2, 0.25) is 0 Å². The van der Waals surface area contributed by atoms with Crippen molar-refractivity contribution in [3.8, 4) is 0 Å². The first kappa shape index (κ1) is 11.4. The second-order valence-electron chi connectivity index (χ2n) is 2.25. The summed E-state index contributed by atoms with van der Waals surface area (Å²) < 4.78 is 42.7. The molecule has 90 valence electrons. The Morgan fingerprint density at radius 1 is 0.867 bits per heavy atom. The van der Waals surface area contributed by atoms with Gasteiger partial charge in [-0.2, -0.15) is 0 Å². The van der Waals surface area contributed by atoms with Crippen LogP contribution in [0.15, 0.2) is 36.3 Å². The molecule has 0 radical (unpaired) electrons. The van der Waals surface area contributed by atoms with Gasteiger partial charge in [-0.05, 0) is 7.92 Å². The smallest absolute Gasteiger partial charge is 0.0623 e. The minimum absolute atomic E-state index is 0. The Labute approximate surface area is 119 Å². The number of rotatable bonds is 0. The SMILES string of the molecule is C[PH+](C)C.[2H]c1c([2H])c([2H])c([2H])c([2H])c1[2H].[CH3-].[CH3-].[N-]=O.[W]. The molecule has 4 heteroatoms. The van der Waals surface area contributed by atoms with E-state index in [4.69, 9.17) is 18.7 Å². The molecule has 0 fully saturated rings. The topological polar surface area (TPSA) is 39.4 Å². The fourth-order valence-corrected chi connectivity index (χ4v) is 0.188. The first-order valence-electron chi connectivity index (χ1n) is 6.18. The second kappa shape index (κ2) is 29.2. The molecule has 2 nitrogen and oxygen atoms in total. The van der Waals surface area contributed by atoms with Gasteiger partial charge < -0.3 is 25.4 Å². The molecule has 1 aromatic carbocycles. The fourth-order valence-electron chi connectivity index (χ4n) is 0.188. The van der Waals surface area contributed by atoms with E-state index in [-0.39, 0.29) is 43.8 Å². The van der Waals surface area contributed by atoms with Crippen molar-refractivity contribution in [2.45, 2.75) is 0 Å². The summed E-state index contributed by atoms with van der Waals surface area (Å²) >= 11 is 0. The molecule has 0 heterocycles. The van der Waals surface area contributed by atoms with Crippen LogP contribution in [0.25, 0.3) is 5.59 Å². The van der Waals surface area contributed by atoms with Crippen molar-refractivity contribution in [2.75, 3.05) is 20.0 Å². The summed E-state index contributed by atoms with van der Waals surface area (Å²) in [5.41, 5.74) is 5.75. The van der Waals surface area contributed by atoms with Gasteiger partial charge >= 0.3 is 0 Å². The zero-order chi connectivity index (χ0) is 15.0. The second-order valence-corrected chi connectivity index (χ2v) is 5.25. The minimum Gasteiger partial charge on any atom is -0.577 e. The van der Waals surface area contributed by atoms with E-state index < -0.39 is 36.3 Å². The van der Waals surface area contributed by atoms with Crippen molar-refractivity contribution in [3.63, 3.8) is 0 Å². The van der Waals surface area contributed by atoms with Crippen molar-refractivity contribution in [2.24, 2.45) is 0 Å². The number of nitroso groups, excluding NO2 is 1. The van der Waals surface area contributed by atoms with Crippen molar-refractivity contribution >= 4 is 7.92 Å². The van der Waals surface area contributed by atoms with Crippen molar-refractivity contribution in [1.82, 2.24) is 0 Å². The van der Waals surface area contributed by atoms with Gasteiger partial charge in [0.1, 0.15) is 0 Å². The van der Waals surface area contributed by atoms with Crippen LogP contribution in [0.5, 0.6) is 0 Å². The molecular formula is C11H22NOPW-2. The molecule has 0 N–H and O–H groups in total. The Kier molecular flexibility index (Phi) is 22.2. The standard InChI is InChI=1S/C6H6.C3H9P.2CH3.NO.W/c1-2-4-6-5-3-1;1-4(2)3;;;1-2;/h1-6H;1-3H3;2*1H3;;/q;;3*-1;/p+1/i1D,2D,3D,4D,5D,6D;;;;;. The summed E-state index contributed by atoms with van der Waals surface area (Å²) in [6.45, 7) is 6.81. The van der Waals surface area contributed by atoms with Crippen LogP contribution in [0.2, 0.25) is 0 Å². The van der Waals surface area contributed by atoms with Crippen LogP contribution < -0.4 is 0 Å². The average Bonchev–Trinajstić information content (AvgIpc) is 2.33. The first-order chi connectivity index (χ1) is 8.20. The van der Waals surface area contributed by atoms with Crippen LogP contribution in [0.1, 0.15) is 8.22 Å². The molecule has 0 aliphatic rings. The molecule has 0 atom stereocenters. The molecular weight excluding hydrogens is 377 g/mol. The summed E-state index contributed by atoms with van der Waals surface area (Å²) in [4.78, 5) is 7.25. The number of benzene rings is 1. The molecule has 0 saturated carbocycles. The molecule has 0 amide bonds. The Morgan fingerprint density at radius 3 is 1.00 bits per heavy atom. The van der Waals surface area contributed by atoms with Gasteiger partial charge in [0.15, 0.2) is 0 Å². The zero-order valence-corrected chi connectivity index (χ0v) is 13.7. The van der Waals surface area contributed by atoms with E-state index in [1.807, 2.05) is 0 Å². The van der Waals surface area contributed by atoms with Gasteiger partial charge in [-0.1, -0.05) is 36.3 Å². The van der Waals surface area contributed by atoms with Gasteiger partial charge in [0.05, 0.1) is 8.22 Å². The molecule has 0 unspecified atom stereocenters. The molecule has 0 spiro atoms. The number of hydrogen-bond donors (Lipinski definition) is 0. The first-order valence-corrected chi connectivity index (χ1v) is 6.18. The molecule has 0 bridgehead atoms. The Balaban J connectivity index is -0.0000000833. The normalized spacial score (nSPS) is 11.5. The summed E-state index contributed by atoms with van der Waals surface area (Å²) in [6.07, 6.45) is 0. The van der Waals surface area contributed by atoms with E-state index in [2.05, 4.69) is 20.0 Å². The van der Waals surface area contributed by atoms with E-state index in [1.165, 1.54) is 0 Å². The van der Waals surface area contributed by atoms with Gasteiger partial charge in [-0.15, -0.1) is 0 Å². The molecule has 1 aromatic rings. The van der Waals surface area contributed by atoms with Crippen molar-refractivity contribution < 1.29 is 29.3 Å². The molecule has 0 aliphatic carbocycles. The third kappa shape index (κ3) is 56.3. The Morgan fingerprint density at radius 2 is 0.933 bits per heavy atom. The van der Waals surface area contributed by atoms with E-state index in [0.29, 0.717) is 0 Å². The van der Waals surface area contributed by atoms with Gasteiger partial charge in [-0.25, -0.2) is 0 Å². The molecule has 0 aliphatic heterocycles. The van der Waals surface area contributed by atoms with Gasteiger partial charge in [0, 0.05) is 41.1 Å². The molecule has 15 heavy (non-hydrogen) atoms. The molecule has 1 rings (SSSR count). The van der Waals surface area contributed by atoms with Crippen LogP contribution in [-0.2, 0) is 21.1 Å². The maximum absolute atomic E-state index is 7.25. The maximum atomic E-state index is 7.25. The van der Waals surface area contributed by atoms with E-state index in [9.17, 15) is 0 Å². The third-order valence-electron chi connectivity index (χ3n) is 0.375. The van der Waals surface area contributed by atoms with Crippen molar-refractivity contribution in [3.05, 3.63) is 61.6 Å². The number of nitrogens with zero attached hydrogens (tertiary/aromatic N) is 1. The third-order valence-corrected chi connectivity index (χ3v) is 0.375. The Hall–Kier alpha value is -0.0617. The number of hydrogen-bond acceptors (Lipinski definition) is 1. The zero-order valence-electron chi connectivity index (χ0n) is 15.8. The summed E-state index contributed by atoms with van der Waals surface area (Å²) in [7, 11) is 0.120. The van der Waals surface area contributed by atoms with Crippen LogP contribution in [0, 0.1) is 19.8 Å². The summed E-state index contributed by atoms with van der Waals surface area (Å²) in [5, 5.41) is 0. The minimum atomic E-state index is -0.457. The fraction of sp³-hybridized carbons (Fsp3) is 0.273. The Bertz CT molecular complexity index is 301. The van der Waals surface area contributed by atoms with E-state index in [1.54, 1.807) is 0 Å². The van der Waals surface area contributed by atoms with E-state index >= 15 is 0 Å². The summed E-state index contributed by atoms with van der Waals surface area (Å²) in [6, 6.07) is -2.74. The van der Waals surface area contributed by atoms with Crippen molar-refractivity contribution in [1.29, 1.82) is 0 Å². The van der Waals surface area contributed by atoms with Crippen LogP contribution in [0.4, 0.5) is 0 Å². The van der Waals surface area contributed by atoms with E-state index in [0.717, 1.165) is 0 Å². The van der Waals surface area contributed by atoms with Crippen LogP contribution in [-0.4, -0.2) is 20.0 Å². The molecule has 0 saturated heterocycles.